The molecule has 0 saturated carbocycles. The maximum atomic E-state index is 6.16. The van der Waals surface area contributed by atoms with Crippen LogP contribution in [0.5, 0.6) is 5.75 Å². The number of benzene rings is 2. The second-order valence-electron chi connectivity index (χ2n) is 6.07. The fourth-order valence-corrected chi connectivity index (χ4v) is 3.14. The zero-order chi connectivity index (χ0) is 18.0. The van der Waals surface area contributed by atoms with Crippen LogP contribution in [0.25, 0.3) is 5.69 Å². The van der Waals surface area contributed by atoms with Crippen LogP contribution in [0.4, 0.5) is 5.69 Å². The van der Waals surface area contributed by atoms with Gasteiger partial charge in [-0.05, 0) is 57.2 Å². The van der Waals surface area contributed by atoms with Gasteiger partial charge >= 0.3 is 0 Å². The predicted octanol–water partition coefficient (Wildman–Crippen LogP) is 5.82. The van der Waals surface area contributed by atoms with E-state index in [2.05, 4.69) is 60.7 Å². The molecular formula is C21H21ClN2O. The first-order valence-corrected chi connectivity index (χ1v) is 8.51. The van der Waals surface area contributed by atoms with Crippen LogP contribution in [0.1, 0.15) is 22.5 Å². The minimum Gasteiger partial charge on any atom is -0.495 e. The lowest BCUT2D eigenvalue weighted by Gasteiger charge is -2.09. The average Bonchev–Trinajstić information content (AvgIpc) is 2.88. The maximum absolute atomic E-state index is 6.16. The van der Waals surface area contributed by atoms with E-state index < -0.39 is 0 Å². The van der Waals surface area contributed by atoms with Gasteiger partial charge in [-0.1, -0.05) is 29.3 Å². The lowest BCUT2D eigenvalue weighted by molar-refractivity contribution is 0.415. The topological polar surface area (TPSA) is 26.5 Å². The SMILES string of the molecule is COc1ccc(N=Cc2cc(C)n(-c3ccc(C)cc3)c2C)cc1Cl. The number of aryl methyl sites for hydroxylation is 2. The van der Waals surface area contributed by atoms with E-state index in [1.54, 1.807) is 13.2 Å². The second-order valence-corrected chi connectivity index (χ2v) is 6.48. The largest absolute Gasteiger partial charge is 0.495 e. The number of hydrogen-bond donors (Lipinski definition) is 0. The Morgan fingerprint density at radius 1 is 1.00 bits per heavy atom. The number of aliphatic imine (C=N–C) groups is 1. The Labute approximate surface area is 153 Å². The summed E-state index contributed by atoms with van der Waals surface area (Å²) in [6, 6.07) is 16.2. The summed E-state index contributed by atoms with van der Waals surface area (Å²) in [4.78, 5) is 4.56. The number of rotatable bonds is 4. The Bertz CT molecular complexity index is 924. The highest BCUT2D eigenvalue weighted by atomic mass is 35.5. The molecule has 128 valence electrons. The molecular weight excluding hydrogens is 332 g/mol. The Kier molecular flexibility index (Phi) is 4.95. The summed E-state index contributed by atoms with van der Waals surface area (Å²) in [6.45, 7) is 6.31. The lowest BCUT2D eigenvalue weighted by Crippen LogP contribution is -1.99. The zero-order valence-corrected chi connectivity index (χ0v) is 15.6. The average molecular weight is 353 g/mol. The van der Waals surface area contributed by atoms with Gasteiger partial charge in [-0.25, -0.2) is 0 Å². The summed E-state index contributed by atoms with van der Waals surface area (Å²) in [6.07, 6.45) is 1.88. The third kappa shape index (κ3) is 3.62. The van der Waals surface area contributed by atoms with E-state index in [4.69, 9.17) is 16.3 Å². The van der Waals surface area contributed by atoms with Crippen LogP contribution in [0.3, 0.4) is 0 Å². The molecule has 0 fully saturated rings. The molecule has 2 aromatic carbocycles. The van der Waals surface area contributed by atoms with Gasteiger partial charge < -0.3 is 9.30 Å². The summed E-state index contributed by atoms with van der Waals surface area (Å²) in [5, 5.41) is 0.558. The van der Waals surface area contributed by atoms with Gasteiger partial charge in [0.1, 0.15) is 5.75 Å². The molecule has 0 unspecified atom stereocenters. The van der Waals surface area contributed by atoms with E-state index in [-0.39, 0.29) is 0 Å². The van der Waals surface area contributed by atoms with Gasteiger partial charge in [-0.3, -0.25) is 4.99 Å². The van der Waals surface area contributed by atoms with Crippen molar-refractivity contribution in [2.75, 3.05) is 7.11 Å². The van der Waals surface area contributed by atoms with E-state index >= 15 is 0 Å². The first-order chi connectivity index (χ1) is 12.0. The van der Waals surface area contributed by atoms with Crippen molar-refractivity contribution in [3.05, 3.63) is 76.1 Å². The Balaban J connectivity index is 1.92. The zero-order valence-electron chi connectivity index (χ0n) is 14.9. The van der Waals surface area contributed by atoms with Crippen molar-refractivity contribution in [1.29, 1.82) is 0 Å². The van der Waals surface area contributed by atoms with Gasteiger partial charge in [-0.2, -0.15) is 0 Å². The van der Waals surface area contributed by atoms with E-state index in [9.17, 15) is 0 Å². The Hall–Kier alpha value is -2.52. The number of nitrogens with zero attached hydrogens (tertiary/aromatic N) is 2. The van der Waals surface area contributed by atoms with Crippen LogP contribution in [0.15, 0.2) is 53.5 Å². The monoisotopic (exact) mass is 352 g/mol. The summed E-state index contributed by atoms with van der Waals surface area (Å²) < 4.78 is 7.41. The van der Waals surface area contributed by atoms with Gasteiger partial charge in [0.15, 0.2) is 0 Å². The molecule has 0 aliphatic rings. The summed E-state index contributed by atoms with van der Waals surface area (Å²) in [7, 11) is 1.60. The standard InChI is InChI=1S/C21H21ClN2O/c1-14-5-8-19(9-6-14)24-15(2)11-17(16(24)3)13-23-18-7-10-21(25-4)20(22)12-18/h5-13H,1-4H3. The van der Waals surface area contributed by atoms with Gasteiger partial charge in [0.05, 0.1) is 17.8 Å². The van der Waals surface area contributed by atoms with Crippen LogP contribution in [0.2, 0.25) is 5.02 Å². The van der Waals surface area contributed by atoms with Crippen molar-refractivity contribution in [2.24, 2.45) is 4.99 Å². The molecule has 1 heterocycles. The number of aromatic nitrogens is 1. The highest BCUT2D eigenvalue weighted by Gasteiger charge is 2.09. The van der Waals surface area contributed by atoms with Crippen molar-refractivity contribution in [1.82, 2.24) is 4.57 Å². The van der Waals surface area contributed by atoms with Crippen molar-refractivity contribution < 1.29 is 4.74 Å². The normalized spacial score (nSPS) is 11.2. The molecule has 0 aliphatic carbocycles. The van der Waals surface area contributed by atoms with Crippen LogP contribution in [0, 0.1) is 20.8 Å². The van der Waals surface area contributed by atoms with E-state index in [0.29, 0.717) is 10.8 Å². The molecule has 0 amide bonds. The molecule has 0 spiro atoms. The van der Waals surface area contributed by atoms with Crippen molar-refractivity contribution in [3.8, 4) is 11.4 Å². The quantitative estimate of drug-likeness (QED) is 0.544. The first kappa shape index (κ1) is 17.3. The third-order valence-corrected chi connectivity index (χ3v) is 4.55. The molecule has 0 N–H and O–H groups in total. The smallest absolute Gasteiger partial charge is 0.137 e. The lowest BCUT2D eigenvalue weighted by atomic mass is 10.2. The molecule has 0 bridgehead atoms. The number of ether oxygens (including phenoxy) is 1. The van der Waals surface area contributed by atoms with Crippen molar-refractivity contribution >= 4 is 23.5 Å². The van der Waals surface area contributed by atoms with Crippen LogP contribution >= 0.6 is 11.6 Å². The van der Waals surface area contributed by atoms with Crippen LogP contribution in [-0.4, -0.2) is 17.9 Å². The second kappa shape index (κ2) is 7.16. The predicted molar refractivity (Wildman–Crippen MR) is 105 cm³/mol. The molecule has 0 saturated heterocycles. The van der Waals surface area contributed by atoms with Crippen LogP contribution in [-0.2, 0) is 0 Å². The number of halogens is 1. The minimum atomic E-state index is 0.558. The third-order valence-electron chi connectivity index (χ3n) is 4.25. The minimum absolute atomic E-state index is 0.558. The summed E-state index contributed by atoms with van der Waals surface area (Å²) in [5.41, 5.74) is 6.63. The summed E-state index contributed by atoms with van der Waals surface area (Å²) >= 11 is 6.16. The molecule has 0 aliphatic heterocycles. The van der Waals surface area contributed by atoms with Gasteiger partial charge in [0.25, 0.3) is 0 Å². The van der Waals surface area contributed by atoms with Gasteiger partial charge in [0.2, 0.25) is 0 Å². The molecule has 3 aromatic rings. The molecule has 4 heteroatoms. The molecule has 3 rings (SSSR count). The number of hydrogen-bond acceptors (Lipinski definition) is 2. The molecule has 0 atom stereocenters. The van der Waals surface area contributed by atoms with E-state index in [0.717, 1.165) is 22.6 Å². The summed E-state index contributed by atoms with van der Waals surface area (Å²) in [5.74, 6) is 0.651. The van der Waals surface area contributed by atoms with Crippen LogP contribution < -0.4 is 4.74 Å². The number of methoxy groups -OCH3 is 1. The molecule has 0 radical (unpaired) electrons. The molecule has 25 heavy (non-hydrogen) atoms. The Morgan fingerprint density at radius 3 is 2.36 bits per heavy atom. The Morgan fingerprint density at radius 2 is 1.72 bits per heavy atom. The fourth-order valence-electron chi connectivity index (χ4n) is 2.89. The highest BCUT2D eigenvalue weighted by molar-refractivity contribution is 6.32. The molecule has 3 nitrogen and oxygen atoms in total. The maximum Gasteiger partial charge on any atom is 0.137 e. The molecule has 1 aromatic heterocycles. The van der Waals surface area contributed by atoms with Gasteiger partial charge in [0, 0.05) is 28.9 Å². The van der Waals surface area contributed by atoms with E-state index in [1.807, 2.05) is 18.3 Å². The fraction of sp³-hybridized carbons (Fsp3) is 0.190. The van der Waals surface area contributed by atoms with E-state index in [1.165, 1.54) is 11.3 Å². The first-order valence-electron chi connectivity index (χ1n) is 8.13. The van der Waals surface area contributed by atoms with Gasteiger partial charge in [-0.15, -0.1) is 0 Å². The highest BCUT2D eigenvalue weighted by Crippen LogP contribution is 2.29. The van der Waals surface area contributed by atoms with Crippen molar-refractivity contribution in [3.63, 3.8) is 0 Å². The van der Waals surface area contributed by atoms with Crippen molar-refractivity contribution in [2.45, 2.75) is 20.8 Å².